The first-order valence-corrected chi connectivity index (χ1v) is 9.05. The molecule has 3 aromatic rings. The molecule has 0 saturated carbocycles. The predicted octanol–water partition coefficient (Wildman–Crippen LogP) is 4.50. The first kappa shape index (κ1) is 17.5. The lowest BCUT2D eigenvalue weighted by Crippen LogP contribution is -2.40. The summed E-state index contributed by atoms with van der Waals surface area (Å²) in [6.45, 7) is 4.36. The van der Waals surface area contributed by atoms with Gasteiger partial charge < -0.3 is 15.0 Å². The summed E-state index contributed by atoms with van der Waals surface area (Å²) < 4.78 is 18.9. The molecule has 0 atom stereocenters. The summed E-state index contributed by atoms with van der Waals surface area (Å²) in [5, 5.41) is 5.14. The van der Waals surface area contributed by atoms with Gasteiger partial charge in [-0.3, -0.25) is 4.79 Å². The van der Waals surface area contributed by atoms with Gasteiger partial charge in [0.2, 0.25) is 0 Å². The monoisotopic (exact) mass is 364 g/mol. The normalized spacial score (nSPS) is 14.4. The van der Waals surface area contributed by atoms with Gasteiger partial charge in [-0.2, -0.15) is 0 Å². The van der Waals surface area contributed by atoms with Crippen LogP contribution in [0.15, 0.2) is 54.6 Å². The number of amides is 1. The van der Waals surface area contributed by atoms with Gasteiger partial charge in [-0.05, 0) is 48.2 Å². The molecule has 27 heavy (non-hydrogen) atoms. The highest BCUT2D eigenvalue weighted by molar-refractivity contribution is 6.11. The van der Waals surface area contributed by atoms with Crippen molar-refractivity contribution in [2.45, 2.75) is 6.92 Å². The van der Waals surface area contributed by atoms with Crippen molar-refractivity contribution in [1.29, 1.82) is 0 Å². The van der Waals surface area contributed by atoms with Gasteiger partial charge in [0.05, 0.1) is 13.2 Å². The molecule has 1 aliphatic heterocycles. The van der Waals surface area contributed by atoms with E-state index in [4.69, 9.17) is 4.74 Å². The fraction of sp³-hybridized carbons (Fsp3) is 0.227. The Morgan fingerprint density at radius 1 is 1.07 bits per heavy atom. The Balaban J connectivity index is 1.77. The number of halogens is 1. The van der Waals surface area contributed by atoms with Gasteiger partial charge in [-0.1, -0.05) is 24.3 Å². The van der Waals surface area contributed by atoms with Crippen LogP contribution in [-0.2, 0) is 4.74 Å². The van der Waals surface area contributed by atoms with Crippen molar-refractivity contribution in [2.24, 2.45) is 0 Å². The average molecular weight is 364 g/mol. The summed E-state index contributed by atoms with van der Waals surface area (Å²) in [6.07, 6.45) is 0. The van der Waals surface area contributed by atoms with Crippen LogP contribution in [0, 0.1) is 12.7 Å². The molecule has 0 radical (unpaired) electrons. The number of fused-ring (bicyclic) bond motifs is 1. The number of rotatable bonds is 3. The fourth-order valence-electron chi connectivity index (χ4n) is 3.54. The van der Waals surface area contributed by atoms with Crippen LogP contribution in [0.2, 0.25) is 0 Å². The number of nitrogens with zero attached hydrogens (tertiary/aromatic N) is 1. The second kappa shape index (κ2) is 7.37. The lowest BCUT2D eigenvalue weighted by Gasteiger charge is -2.27. The van der Waals surface area contributed by atoms with E-state index in [-0.39, 0.29) is 11.7 Å². The summed E-state index contributed by atoms with van der Waals surface area (Å²) in [7, 11) is 0. The third kappa shape index (κ3) is 3.51. The first-order chi connectivity index (χ1) is 13.1. The van der Waals surface area contributed by atoms with E-state index >= 15 is 0 Å². The molecule has 0 bridgehead atoms. The van der Waals surface area contributed by atoms with Gasteiger partial charge in [0, 0.05) is 35.4 Å². The molecular weight excluding hydrogens is 343 g/mol. The Bertz CT molecular complexity index is 997. The standard InChI is InChI=1S/C22H21FN2O2/c1-15-4-2-7-18-20(24-17-6-3-5-16(23)14-17)9-8-19(21(15)18)22(26)25-10-12-27-13-11-25/h2-9,14,24H,10-13H2,1H3. The SMILES string of the molecule is Cc1cccc2c(Nc3cccc(F)c3)ccc(C(=O)N3CCOCC3)c12. The number of benzene rings is 3. The van der Waals surface area contributed by atoms with Crippen molar-refractivity contribution < 1.29 is 13.9 Å². The molecule has 1 fully saturated rings. The zero-order chi connectivity index (χ0) is 18.8. The van der Waals surface area contributed by atoms with Gasteiger partial charge in [0.15, 0.2) is 0 Å². The number of nitrogens with one attached hydrogen (secondary N) is 1. The van der Waals surface area contributed by atoms with Crippen LogP contribution in [0.25, 0.3) is 10.8 Å². The number of hydrogen-bond acceptors (Lipinski definition) is 3. The predicted molar refractivity (Wildman–Crippen MR) is 105 cm³/mol. The lowest BCUT2D eigenvalue weighted by molar-refractivity contribution is 0.0304. The van der Waals surface area contributed by atoms with Crippen LogP contribution in [-0.4, -0.2) is 37.1 Å². The summed E-state index contributed by atoms with van der Waals surface area (Å²) >= 11 is 0. The highest BCUT2D eigenvalue weighted by Gasteiger charge is 2.21. The van der Waals surface area contributed by atoms with Crippen molar-refractivity contribution in [2.75, 3.05) is 31.6 Å². The van der Waals surface area contributed by atoms with Gasteiger partial charge in [0.25, 0.3) is 5.91 Å². The Labute approximate surface area is 157 Å². The van der Waals surface area contributed by atoms with Crippen molar-refractivity contribution >= 4 is 28.1 Å². The zero-order valence-corrected chi connectivity index (χ0v) is 15.2. The van der Waals surface area contributed by atoms with Gasteiger partial charge in [-0.25, -0.2) is 4.39 Å². The van der Waals surface area contributed by atoms with Crippen LogP contribution < -0.4 is 5.32 Å². The second-order valence-electron chi connectivity index (χ2n) is 6.70. The second-order valence-corrected chi connectivity index (χ2v) is 6.70. The molecule has 1 N–H and O–H groups in total. The molecule has 4 rings (SSSR count). The fourth-order valence-corrected chi connectivity index (χ4v) is 3.54. The van der Waals surface area contributed by atoms with Crippen molar-refractivity contribution in [1.82, 2.24) is 4.90 Å². The molecular formula is C22H21FN2O2. The molecule has 1 heterocycles. The van der Waals surface area contributed by atoms with Crippen LogP contribution in [0.3, 0.4) is 0 Å². The number of aryl methyl sites for hydroxylation is 1. The molecule has 4 nitrogen and oxygen atoms in total. The maximum Gasteiger partial charge on any atom is 0.254 e. The first-order valence-electron chi connectivity index (χ1n) is 9.05. The van der Waals surface area contributed by atoms with Crippen molar-refractivity contribution in [3.63, 3.8) is 0 Å². The third-order valence-corrected chi connectivity index (χ3v) is 4.88. The topological polar surface area (TPSA) is 41.6 Å². The number of hydrogen-bond donors (Lipinski definition) is 1. The Morgan fingerprint density at radius 3 is 2.63 bits per heavy atom. The molecule has 0 spiro atoms. The van der Waals surface area contributed by atoms with E-state index in [1.54, 1.807) is 6.07 Å². The third-order valence-electron chi connectivity index (χ3n) is 4.88. The van der Waals surface area contributed by atoms with Crippen molar-refractivity contribution in [3.05, 3.63) is 71.5 Å². The molecule has 5 heteroatoms. The van der Waals surface area contributed by atoms with Gasteiger partial charge in [-0.15, -0.1) is 0 Å². The zero-order valence-electron chi connectivity index (χ0n) is 15.2. The van der Waals surface area contributed by atoms with Crippen LogP contribution in [0.4, 0.5) is 15.8 Å². The van der Waals surface area contributed by atoms with Gasteiger partial charge >= 0.3 is 0 Å². The molecule has 0 unspecified atom stereocenters. The van der Waals surface area contributed by atoms with E-state index in [9.17, 15) is 9.18 Å². The van der Waals surface area contributed by atoms with E-state index in [2.05, 4.69) is 5.32 Å². The molecule has 138 valence electrons. The Kier molecular flexibility index (Phi) is 4.77. The summed E-state index contributed by atoms with van der Waals surface area (Å²) in [4.78, 5) is 14.9. The van der Waals surface area contributed by atoms with Crippen LogP contribution >= 0.6 is 0 Å². The van der Waals surface area contributed by atoms with E-state index in [1.807, 2.05) is 48.2 Å². The Morgan fingerprint density at radius 2 is 1.85 bits per heavy atom. The van der Waals surface area contributed by atoms with Crippen LogP contribution in [0.1, 0.15) is 15.9 Å². The average Bonchev–Trinajstić information content (AvgIpc) is 2.69. The minimum absolute atomic E-state index is 0.0231. The summed E-state index contributed by atoms with van der Waals surface area (Å²) in [6, 6.07) is 16.1. The highest BCUT2D eigenvalue weighted by Crippen LogP contribution is 2.32. The molecule has 0 aliphatic carbocycles. The summed E-state index contributed by atoms with van der Waals surface area (Å²) in [5.41, 5.74) is 3.24. The summed E-state index contributed by atoms with van der Waals surface area (Å²) in [5.74, 6) is -0.269. The minimum Gasteiger partial charge on any atom is -0.378 e. The van der Waals surface area contributed by atoms with E-state index < -0.39 is 0 Å². The van der Waals surface area contributed by atoms with Crippen molar-refractivity contribution in [3.8, 4) is 0 Å². The number of morpholine rings is 1. The molecule has 1 saturated heterocycles. The number of carbonyl (C=O) groups is 1. The maximum absolute atomic E-state index is 13.5. The maximum atomic E-state index is 13.5. The minimum atomic E-state index is -0.292. The molecule has 1 aliphatic rings. The van der Waals surface area contributed by atoms with Crippen LogP contribution in [0.5, 0.6) is 0 Å². The molecule has 1 amide bonds. The van der Waals surface area contributed by atoms with E-state index in [1.165, 1.54) is 12.1 Å². The van der Waals surface area contributed by atoms with Gasteiger partial charge in [0.1, 0.15) is 5.82 Å². The smallest absolute Gasteiger partial charge is 0.254 e. The lowest BCUT2D eigenvalue weighted by atomic mass is 9.97. The van der Waals surface area contributed by atoms with E-state index in [0.29, 0.717) is 37.6 Å². The molecule has 3 aromatic carbocycles. The number of anilines is 2. The molecule has 0 aromatic heterocycles. The highest BCUT2D eigenvalue weighted by atomic mass is 19.1. The number of carbonyl (C=O) groups excluding carboxylic acids is 1. The quantitative estimate of drug-likeness (QED) is 0.744. The largest absolute Gasteiger partial charge is 0.378 e. The Hall–Kier alpha value is -2.92. The van der Waals surface area contributed by atoms with E-state index in [0.717, 1.165) is 22.0 Å². The number of ether oxygens (including phenoxy) is 1.